The molecule has 1 amide bonds. The second-order valence-electron chi connectivity index (χ2n) is 5.08. The Morgan fingerprint density at radius 2 is 2.17 bits per heavy atom. The van der Waals surface area contributed by atoms with Crippen LogP contribution in [-0.4, -0.2) is 15.5 Å². The van der Waals surface area contributed by atoms with Gasteiger partial charge >= 0.3 is 5.69 Å². The molecular weight excluding hydrogens is 383 g/mol. The molecule has 0 aliphatic heterocycles. The van der Waals surface area contributed by atoms with Gasteiger partial charge in [0.15, 0.2) is 0 Å². The average molecular weight is 399 g/mol. The van der Waals surface area contributed by atoms with E-state index in [2.05, 4.69) is 26.2 Å². The molecule has 1 unspecified atom stereocenters. The van der Waals surface area contributed by atoms with Gasteiger partial charge in [-0.25, -0.2) is 9.18 Å². The molecule has 0 fully saturated rings. The summed E-state index contributed by atoms with van der Waals surface area (Å²) in [6, 6.07) is 3.12. The van der Waals surface area contributed by atoms with Crippen LogP contribution in [0.25, 0.3) is 0 Å². The van der Waals surface area contributed by atoms with Gasteiger partial charge in [0.2, 0.25) is 5.91 Å². The van der Waals surface area contributed by atoms with Crippen LogP contribution in [-0.2, 0) is 17.9 Å². The van der Waals surface area contributed by atoms with Gasteiger partial charge in [0.05, 0.1) is 0 Å². The van der Waals surface area contributed by atoms with E-state index in [1.807, 2.05) is 0 Å². The highest BCUT2D eigenvalue weighted by atomic mass is 79.9. The van der Waals surface area contributed by atoms with Crippen molar-refractivity contribution in [3.63, 3.8) is 0 Å². The molecule has 0 aliphatic carbocycles. The zero-order valence-corrected chi connectivity index (χ0v) is 14.4. The van der Waals surface area contributed by atoms with Crippen molar-refractivity contribution in [2.45, 2.75) is 26.1 Å². The highest BCUT2D eigenvalue weighted by Crippen LogP contribution is 2.21. The molecule has 24 heavy (non-hydrogen) atoms. The minimum absolute atomic E-state index is 0.0568. The molecule has 2 rings (SSSR count). The molecule has 1 atom stereocenters. The number of hydrogen-bond acceptors (Lipinski definition) is 4. The number of carbonyl (C=O) groups excluding carboxylic acids is 1. The molecule has 9 heteroatoms. The van der Waals surface area contributed by atoms with Crippen LogP contribution in [0.2, 0.25) is 0 Å². The van der Waals surface area contributed by atoms with E-state index in [1.54, 1.807) is 13.0 Å². The number of nitrogens with one attached hydrogen (secondary N) is 2. The third-order valence-electron chi connectivity index (χ3n) is 3.48. The minimum atomic E-state index is -1.11. The molecule has 0 saturated carbocycles. The second-order valence-corrected chi connectivity index (χ2v) is 6.00. The van der Waals surface area contributed by atoms with Crippen LogP contribution in [0, 0.1) is 5.82 Å². The van der Waals surface area contributed by atoms with E-state index in [4.69, 9.17) is 5.73 Å². The second kappa shape index (κ2) is 7.54. The predicted molar refractivity (Wildman–Crippen MR) is 89.9 cm³/mol. The molecule has 128 valence electrons. The maximum absolute atomic E-state index is 14.0. The van der Waals surface area contributed by atoms with Crippen LogP contribution in [0.1, 0.15) is 24.1 Å². The number of nitrogens with zero attached hydrogens (tertiary/aromatic N) is 1. The van der Waals surface area contributed by atoms with Crippen LogP contribution in [0.5, 0.6) is 0 Å². The van der Waals surface area contributed by atoms with E-state index in [1.165, 1.54) is 22.9 Å². The lowest BCUT2D eigenvalue weighted by Crippen LogP contribution is -2.37. The molecule has 4 N–H and O–H groups in total. The quantitative estimate of drug-likeness (QED) is 0.667. The highest BCUT2D eigenvalue weighted by molar-refractivity contribution is 9.10. The Balaban J connectivity index is 2.29. The van der Waals surface area contributed by atoms with E-state index in [-0.39, 0.29) is 17.7 Å². The van der Waals surface area contributed by atoms with Crippen molar-refractivity contribution < 1.29 is 9.18 Å². The summed E-state index contributed by atoms with van der Waals surface area (Å²) in [6.07, 6.45) is 1.39. The van der Waals surface area contributed by atoms with E-state index < -0.39 is 29.0 Å². The molecule has 0 bridgehead atoms. The number of benzene rings is 1. The van der Waals surface area contributed by atoms with Gasteiger partial charge in [0, 0.05) is 34.9 Å². The van der Waals surface area contributed by atoms with Gasteiger partial charge in [-0.15, -0.1) is 0 Å². The number of primary amides is 1. The number of aromatic amines is 1. The van der Waals surface area contributed by atoms with E-state index >= 15 is 0 Å². The number of nitrogens with two attached hydrogens (primary N) is 1. The molecule has 7 nitrogen and oxygen atoms in total. The largest absolute Gasteiger partial charge is 0.368 e. The summed E-state index contributed by atoms with van der Waals surface area (Å²) in [5.41, 5.74) is 4.56. The van der Waals surface area contributed by atoms with Crippen molar-refractivity contribution in [1.29, 1.82) is 0 Å². The van der Waals surface area contributed by atoms with Crippen molar-refractivity contribution in [3.8, 4) is 0 Å². The molecular formula is C15H16BrFN4O3. The Morgan fingerprint density at radius 1 is 1.46 bits per heavy atom. The summed E-state index contributed by atoms with van der Waals surface area (Å²) in [4.78, 5) is 37.2. The standard InChI is InChI=1S/C15H16BrFN4O3/c1-2-21-7-8(14(23)20-15(21)24)6-19-12(13(18)22)10-4-3-9(16)5-11(10)17/h3-5,7,12,19H,2,6H2,1H3,(H2,18,22)(H,20,23,24). The third-order valence-corrected chi connectivity index (χ3v) is 3.97. The van der Waals surface area contributed by atoms with Crippen LogP contribution in [0.15, 0.2) is 38.5 Å². The fraction of sp³-hybridized carbons (Fsp3) is 0.267. The first-order valence-electron chi connectivity index (χ1n) is 7.13. The van der Waals surface area contributed by atoms with Crippen molar-refractivity contribution in [3.05, 3.63) is 66.7 Å². The zero-order chi connectivity index (χ0) is 17.9. The van der Waals surface area contributed by atoms with Gasteiger partial charge < -0.3 is 10.3 Å². The van der Waals surface area contributed by atoms with Gasteiger partial charge in [-0.2, -0.15) is 0 Å². The van der Waals surface area contributed by atoms with Gasteiger partial charge in [-0.3, -0.25) is 19.9 Å². The lowest BCUT2D eigenvalue weighted by molar-refractivity contribution is -0.120. The highest BCUT2D eigenvalue weighted by Gasteiger charge is 2.21. The molecule has 0 saturated heterocycles. The van der Waals surface area contributed by atoms with Crippen molar-refractivity contribution in [1.82, 2.24) is 14.9 Å². The normalized spacial score (nSPS) is 12.1. The Labute approximate surface area is 144 Å². The van der Waals surface area contributed by atoms with E-state index in [0.717, 1.165) is 0 Å². The third kappa shape index (κ3) is 3.98. The lowest BCUT2D eigenvalue weighted by Gasteiger charge is -2.17. The van der Waals surface area contributed by atoms with E-state index in [9.17, 15) is 18.8 Å². The van der Waals surface area contributed by atoms with Crippen molar-refractivity contribution in [2.75, 3.05) is 0 Å². The summed E-state index contributed by atoms with van der Waals surface area (Å²) in [5.74, 6) is -1.38. The van der Waals surface area contributed by atoms with Gasteiger partial charge in [-0.05, 0) is 19.1 Å². The number of H-pyrrole nitrogens is 1. The summed E-state index contributed by atoms with van der Waals surface area (Å²) in [7, 11) is 0. The monoisotopic (exact) mass is 398 g/mol. The smallest absolute Gasteiger partial charge is 0.328 e. The molecule has 1 heterocycles. The molecule has 0 radical (unpaired) electrons. The number of halogens is 2. The Bertz CT molecular complexity index is 878. The molecule has 2 aromatic rings. The minimum Gasteiger partial charge on any atom is -0.368 e. The molecule has 0 aliphatic rings. The van der Waals surface area contributed by atoms with Crippen LogP contribution >= 0.6 is 15.9 Å². The first kappa shape index (κ1) is 18.1. The number of hydrogen-bond donors (Lipinski definition) is 3. The van der Waals surface area contributed by atoms with Crippen LogP contribution in [0.3, 0.4) is 0 Å². The van der Waals surface area contributed by atoms with Gasteiger partial charge in [-0.1, -0.05) is 22.0 Å². The van der Waals surface area contributed by atoms with Crippen LogP contribution in [0.4, 0.5) is 4.39 Å². The maximum Gasteiger partial charge on any atom is 0.328 e. The number of carbonyl (C=O) groups is 1. The Kier molecular flexibility index (Phi) is 5.68. The van der Waals surface area contributed by atoms with E-state index in [0.29, 0.717) is 11.0 Å². The predicted octanol–water partition coefficient (Wildman–Crippen LogP) is 0.774. The summed E-state index contributed by atoms with van der Waals surface area (Å²) in [6.45, 7) is 2.07. The number of aryl methyl sites for hydroxylation is 1. The zero-order valence-electron chi connectivity index (χ0n) is 12.8. The topological polar surface area (TPSA) is 110 Å². The van der Waals surface area contributed by atoms with Gasteiger partial charge in [0.1, 0.15) is 11.9 Å². The molecule has 0 spiro atoms. The average Bonchev–Trinajstić information content (AvgIpc) is 2.50. The maximum atomic E-state index is 14.0. The summed E-state index contributed by atoms with van der Waals surface area (Å²) >= 11 is 3.14. The number of rotatable bonds is 6. The number of aromatic nitrogens is 2. The fourth-order valence-electron chi connectivity index (χ4n) is 2.23. The summed E-state index contributed by atoms with van der Waals surface area (Å²) < 4.78 is 15.9. The molecule has 1 aromatic carbocycles. The fourth-order valence-corrected chi connectivity index (χ4v) is 2.56. The first-order valence-corrected chi connectivity index (χ1v) is 7.93. The Morgan fingerprint density at radius 3 is 2.75 bits per heavy atom. The lowest BCUT2D eigenvalue weighted by atomic mass is 10.1. The van der Waals surface area contributed by atoms with Crippen molar-refractivity contribution >= 4 is 21.8 Å². The SMILES string of the molecule is CCn1cc(CNC(C(N)=O)c2ccc(Br)cc2F)c(=O)[nH]c1=O. The first-order chi connectivity index (χ1) is 11.3. The Hall–Kier alpha value is -2.26. The molecule has 1 aromatic heterocycles. The van der Waals surface area contributed by atoms with Crippen molar-refractivity contribution in [2.24, 2.45) is 5.73 Å². The van der Waals surface area contributed by atoms with Crippen LogP contribution < -0.4 is 22.3 Å². The number of amides is 1. The van der Waals surface area contributed by atoms with Gasteiger partial charge in [0.25, 0.3) is 5.56 Å². The summed E-state index contributed by atoms with van der Waals surface area (Å²) in [5, 5.41) is 2.76.